The number of rotatable bonds is 36. The molecule has 0 saturated carbocycles. The molecule has 0 aliphatic heterocycles. The normalized spacial score (nSPS) is 11.8. The topological polar surface area (TPSA) is 80.3 Å². The van der Waals surface area contributed by atoms with Crippen LogP contribution in [0.5, 0.6) is 0 Å². The zero-order valence-corrected chi connectivity index (χ0v) is 42.8. The van der Waals surface area contributed by atoms with Gasteiger partial charge < -0.3 is 35.0 Å². The minimum Gasteiger partial charge on any atom is -1.00 e. The Kier molecular flexibility index (Phi) is 54.7. The van der Waals surface area contributed by atoms with E-state index >= 15 is 0 Å². The van der Waals surface area contributed by atoms with Crippen LogP contribution >= 0.6 is 0 Å². The van der Waals surface area contributed by atoms with E-state index in [1.807, 2.05) is 0 Å². The average molecular weight is 859 g/mol. The van der Waals surface area contributed by atoms with E-state index in [0.29, 0.717) is 0 Å². The number of hydrogen-bond donors (Lipinski definition) is 0. The molecule has 7 nitrogen and oxygen atoms in total. The fourth-order valence-corrected chi connectivity index (χ4v) is 7.93. The van der Waals surface area contributed by atoms with Gasteiger partial charge in [0.25, 0.3) is 0 Å². The third kappa shape index (κ3) is 45.4. The molecule has 0 aromatic carbocycles. The molecule has 0 aliphatic rings. The molecule has 0 radical (unpaired) electrons. The van der Waals surface area contributed by atoms with Gasteiger partial charge in [0, 0.05) is 10.4 Å². The SMILES string of the molecule is CCCC[N+](CCCC)(CCCC)CCCC.CCCC[N+](CCCC)(CCCC)CCCC.CCCC[N+](CCCC)(CCCC)CCCC.O=S(=O)([O-])[O-].[Cl-]. The van der Waals surface area contributed by atoms with Crippen molar-refractivity contribution in [2.75, 3.05) is 78.5 Å². The fraction of sp³-hybridized carbons (Fsp3) is 1.00. The summed E-state index contributed by atoms with van der Waals surface area (Å²) in [6.45, 7) is 45.1. The first-order valence-corrected chi connectivity index (χ1v) is 26.3. The summed E-state index contributed by atoms with van der Waals surface area (Å²) in [6, 6.07) is 0. The van der Waals surface area contributed by atoms with Gasteiger partial charge in [-0.2, -0.15) is 0 Å². The number of nitrogens with zero attached hydrogens (tertiary/aromatic N) is 3. The second kappa shape index (κ2) is 47.1. The van der Waals surface area contributed by atoms with Gasteiger partial charge in [0.05, 0.1) is 78.5 Å². The molecule has 9 heteroatoms. The van der Waals surface area contributed by atoms with Gasteiger partial charge in [0.1, 0.15) is 0 Å². The van der Waals surface area contributed by atoms with E-state index in [0.717, 1.165) is 0 Å². The van der Waals surface area contributed by atoms with Crippen molar-refractivity contribution in [2.24, 2.45) is 0 Å². The summed E-state index contributed by atoms with van der Waals surface area (Å²) in [4.78, 5) is 0. The lowest BCUT2D eigenvalue weighted by Gasteiger charge is -2.39. The van der Waals surface area contributed by atoms with Gasteiger partial charge in [-0.3, -0.25) is 8.42 Å². The van der Waals surface area contributed by atoms with E-state index < -0.39 is 10.4 Å². The molecule has 57 heavy (non-hydrogen) atoms. The highest BCUT2D eigenvalue weighted by atomic mass is 35.5. The lowest BCUT2D eigenvalue weighted by molar-refractivity contribution is -0.929. The largest absolute Gasteiger partial charge is 1.00 e. The third-order valence-corrected chi connectivity index (χ3v) is 11.8. The molecule has 0 spiro atoms. The third-order valence-electron chi connectivity index (χ3n) is 11.8. The number of hydrogen-bond acceptors (Lipinski definition) is 4. The highest BCUT2D eigenvalue weighted by Gasteiger charge is 2.26. The molecule has 0 rings (SSSR count). The molecule has 0 atom stereocenters. The first-order chi connectivity index (χ1) is 26.7. The monoisotopic (exact) mass is 858 g/mol. The van der Waals surface area contributed by atoms with Crippen LogP contribution in [-0.4, -0.2) is 110 Å². The van der Waals surface area contributed by atoms with Gasteiger partial charge >= 0.3 is 0 Å². The predicted octanol–water partition coefficient (Wildman–Crippen LogP) is 10.7. The van der Waals surface area contributed by atoms with Crippen LogP contribution < -0.4 is 12.4 Å². The van der Waals surface area contributed by atoms with Crippen LogP contribution in [0.3, 0.4) is 0 Å². The van der Waals surface area contributed by atoms with E-state index in [4.69, 9.17) is 17.5 Å². The van der Waals surface area contributed by atoms with Gasteiger partial charge in [-0.15, -0.1) is 0 Å². The van der Waals surface area contributed by atoms with Crippen molar-refractivity contribution in [1.82, 2.24) is 0 Å². The van der Waals surface area contributed by atoms with E-state index in [1.165, 1.54) is 246 Å². The maximum Gasteiger partial charge on any atom is 0.0786 e. The van der Waals surface area contributed by atoms with Crippen molar-refractivity contribution in [1.29, 1.82) is 0 Å². The predicted molar refractivity (Wildman–Crippen MR) is 249 cm³/mol. The summed E-state index contributed by atoms with van der Waals surface area (Å²) in [5, 5.41) is 0. The van der Waals surface area contributed by atoms with E-state index in [1.54, 1.807) is 0 Å². The van der Waals surface area contributed by atoms with E-state index in [9.17, 15) is 0 Å². The quantitative estimate of drug-likeness (QED) is 0.0357. The molecule has 0 amide bonds. The average Bonchev–Trinajstić information content (AvgIpc) is 3.19. The molecule has 0 N–H and O–H groups in total. The minimum absolute atomic E-state index is 0. The molecule has 352 valence electrons. The Hall–Kier alpha value is 0.0400. The van der Waals surface area contributed by atoms with Crippen LogP contribution in [0.2, 0.25) is 0 Å². The van der Waals surface area contributed by atoms with Crippen LogP contribution in [0.1, 0.15) is 237 Å². The Morgan fingerprint density at radius 1 is 0.263 bits per heavy atom. The molecular weight excluding hydrogens is 750 g/mol. The Bertz CT molecular complexity index is 657. The fourth-order valence-electron chi connectivity index (χ4n) is 7.93. The molecule has 0 aromatic rings. The Morgan fingerprint density at radius 3 is 0.386 bits per heavy atom. The van der Waals surface area contributed by atoms with Gasteiger partial charge in [0.15, 0.2) is 0 Å². The van der Waals surface area contributed by atoms with E-state index in [2.05, 4.69) is 83.1 Å². The van der Waals surface area contributed by atoms with Crippen molar-refractivity contribution >= 4 is 10.4 Å². The van der Waals surface area contributed by atoms with Crippen LogP contribution in [0.25, 0.3) is 0 Å². The summed E-state index contributed by atoms with van der Waals surface area (Å²) >= 11 is 0. The highest BCUT2D eigenvalue weighted by molar-refractivity contribution is 7.79. The molecule has 0 aromatic heterocycles. The van der Waals surface area contributed by atoms with Crippen LogP contribution in [-0.2, 0) is 10.4 Å². The lowest BCUT2D eigenvalue weighted by atomic mass is 10.1. The summed E-state index contributed by atoms with van der Waals surface area (Å²) in [5.41, 5.74) is 0. The highest BCUT2D eigenvalue weighted by Crippen LogP contribution is 2.19. The molecule has 0 unspecified atom stereocenters. The van der Waals surface area contributed by atoms with Crippen molar-refractivity contribution in [2.45, 2.75) is 237 Å². The van der Waals surface area contributed by atoms with Crippen LogP contribution in [0.15, 0.2) is 0 Å². The second-order valence-corrected chi connectivity index (χ2v) is 18.2. The molecule has 0 aliphatic carbocycles. The Morgan fingerprint density at radius 2 is 0.333 bits per heavy atom. The molecule has 0 heterocycles. The minimum atomic E-state index is -5.17. The first kappa shape index (κ1) is 66.1. The van der Waals surface area contributed by atoms with Gasteiger partial charge in [-0.05, 0) is 77.0 Å². The molecule has 0 bridgehead atoms. The van der Waals surface area contributed by atoms with Gasteiger partial charge in [-0.1, -0.05) is 160 Å². The summed E-state index contributed by atoms with van der Waals surface area (Å²) < 4.78 is 38.3. The number of halogens is 1. The van der Waals surface area contributed by atoms with Crippen molar-refractivity contribution in [3.8, 4) is 0 Å². The maximum atomic E-state index is 8.52. The van der Waals surface area contributed by atoms with Crippen molar-refractivity contribution in [3.05, 3.63) is 0 Å². The molecular formula is C48H108ClN3O4S. The van der Waals surface area contributed by atoms with Gasteiger partial charge in [-0.25, -0.2) is 0 Å². The smallest absolute Gasteiger partial charge is 0.0786 e. The van der Waals surface area contributed by atoms with E-state index in [-0.39, 0.29) is 12.4 Å². The standard InChI is InChI=1S/3C16H36N.ClH.H2O4S/c3*1-5-9-13-17(14-10-6-2,15-11-7-3)16-12-8-4;;1-5(2,3)4/h3*5-16H2,1-4H3;1H;(H2,1,2,3,4)/q3*+1;;/p-3. The zero-order valence-electron chi connectivity index (χ0n) is 41.2. The zero-order chi connectivity index (χ0) is 43.5. The Balaban J connectivity index is -0.000000221. The summed E-state index contributed by atoms with van der Waals surface area (Å²) in [5.74, 6) is 0. The summed E-state index contributed by atoms with van der Waals surface area (Å²) in [7, 11) is -5.17. The number of quaternary nitrogens is 3. The van der Waals surface area contributed by atoms with Crippen molar-refractivity contribution in [3.63, 3.8) is 0 Å². The molecule has 0 fully saturated rings. The lowest BCUT2D eigenvalue weighted by Crippen LogP contribution is -3.00. The maximum absolute atomic E-state index is 8.52. The molecule has 0 saturated heterocycles. The Labute approximate surface area is 368 Å². The van der Waals surface area contributed by atoms with Crippen LogP contribution in [0, 0.1) is 0 Å². The van der Waals surface area contributed by atoms with Crippen LogP contribution in [0.4, 0.5) is 0 Å². The number of unbranched alkanes of at least 4 members (excludes halogenated alkanes) is 12. The van der Waals surface area contributed by atoms with Crippen molar-refractivity contribution < 1.29 is 43.4 Å². The summed E-state index contributed by atoms with van der Waals surface area (Å²) in [6.07, 6.45) is 33.2. The first-order valence-electron chi connectivity index (χ1n) is 24.9. The van der Waals surface area contributed by atoms with Gasteiger partial charge in [0.2, 0.25) is 0 Å². The second-order valence-electron chi connectivity index (χ2n) is 17.4.